The third kappa shape index (κ3) is 9.26. The van der Waals surface area contributed by atoms with Crippen LogP contribution in [0.25, 0.3) is 0 Å². The number of rotatable bonds is 17. The Kier molecular flexibility index (Phi) is 13.1. The summed E-state index contributed by atoms with van der Waals surface area (Å²) in [6, 6.07) is 0. The van der Waals surface area contributed by atoms with Crippen molar-refractivity contribution in [1.29, 1.82) is 0 Å². The van der Waals surface area contributed by atoms with Crippen LogP contribution in [-0.4, -0.2) is 19.8 Å². The molecule has 0 amide bonds. The van der Waals surface area contributed by atoms with Gasteiger partial charge in [0.15, 0.2) is 0 Å². The molecule has 0 saturated carbocycles. The number of hydrogen-bond acceptors (Lipinski definition) is 3. The summed E-state index contributed by atoms with van der Waals surface area (Å²) in [4.78, 5) is 0. The van der Waals surface area contributed by atoms with E-state index in [1.807, 2.05) is 19.1 Å². The van der Waals surface area contributed by atoms with Crippen LogP contribution in [0.4, 0.5) is 0 Å². The van der Waals surface area contributed by atoms with Gasteiger partial charge in [0.1, 0.15) is 4.75 Å². The van der Waals surface area contributed by atoms with E-state index in [-0.39, 0.29) is 5.92 Å². The fourth-order valence-corrected chi connectivity index (χ4v) is 5.09. The maximum atomic E-state index is 12.5. The smallest absolute Gasteiger partial charge is 0.269 e. The lowest BCUT2D eigenvalue weighted by atomic mass is 9.91. The molecule has 0 aromatic heterocycles. The second-order valence-electron chi connectivity index (χ2n) is 8.59. The van der Waals surface area contributed by atoms with Crippen LogP contribution in [0.2, 0.25) is 0 Å². The predicted octanol–water partition coefficient (Wildman–Crippen LogP) is 7.33. The average molecular weight is 413 g/mol. The molecular weight excluding hydrogens is 368 g/mol. The first-order valence-electron chi connectivity index (χ1n) is 11.7. The van der Waals surface area contributed by atoms with Gasteiger partial charge in [0.2, 0.25) is 0 Å². The summed E-state index contributed by atoms with van der Waals surface area (Å²) in [5.74, 6) is -0.0705. The van der Waals surface area contributed by atoms with E-state index >= 15 is 0 Å². The Hall–Kier alpha value is -0.610. The highest BCUT2D eigenvalue weighted by molar-refractivity contribution is 7.88. The Bertz CT molecular complexity index is 550. The van der Waals surface area contributed by atoms with Crippen molar-refractivity contribution in [3.05, 3.63) is 24.3 Å². The second kappa shape index (κ2) is 14.4. The molecular formula is C24H44O3S. The van der Waals surface area contributed by atoms with E-state index < -0.39 is 14.9 Å². The van der Waals surface area contributed by atoms with Crippen molar-refractivity contribution in [2.24, 2.45) is 5.92 Å². The van der Waals surface area contributed by atoms with Gasteiger partial charge in [0.05, 0.1) is 6.61 Å². The molecule has 1 aliphatic carbocycles. The Morgan fingerprint density at radius 2 is 1.25 bits per heavy atom. The van der Waals surface area contributed by atoms with Crippen molar-refractivity contribution in [1.82, 2.24) is 0 Å². The minimum atomic E-state index is -3.59. The molecule has 0 aromatic carbocycles. The van der Waals surface area contributed by atoms with E-state index in [0.29, 0.717) is 6.61 Å². The Morgan fingerprint density at radius 1 is 0.786 bits per heavy atom. The van der Waals surface area contributed by atoms with Gasteiger partial charge in [-0.1, -0.05) is 122 Å². The molecule has 0 fully saturated rings. The summed E-state index contributed by atoms with van der Waals surface area (Å²) in [7, 11) is -3.59. The third-order valence-electron chi connectivity index (χ3n) is 6.12. The molecule has 0 radical (unpaired) electrons. The first-order chi connectivity index (χ1) is 13.4. The van der Waals surface area contributed by atoms with Crippen LogP contribution in [-0.2, 0) is 14.3 Å². The van der Waals surface area contributed by atoms with E-state index in [0.717, 1.165) is 12.8 Å². The van der Waals surface area contributed by atoms with Gasteiger partial charge in [-0.3, -0.25) is 4.18 Å². The first-order valence-corrected chi connectivity index (χ1v) is 13.1. The molecule has 1 rings (SSSR count). The van der Waals surface area contributed by atoms with Gasteiger partial charge < -0.3 is 0 Å². The highest BCUT2D eigenvalue weighted by Gasteiger charge is 2.42. The summed E-state index contributed by atoms with van der Waals surface area (Å²) in [5, 5.41) is 0. The van der Waals surface area contributed by atoms with Crippen molar-refractivity contribution in [2.45, 2.75) is 115 Å². The van der Waals surface area contributed by atoms with Crippen LogP contribution in [0.15, 0.2) is 24.3 Å². The van der Waals surface area contributed by atoms with Gasteiger partial charge in [0, 0.05) is 0 Å². The largest absolute Gasteiger partial charge is 0.277 e. The zero-order chi connectivity index (χ0) is 20.7. The quantitative estimate of drug-likeness (QED) is 0.185. The SMILES string of the molecule is CCCCCCCCCCCCCCCCOS(=O)(=O)C1(C)C=CC=CC1C. The highest BCUT2D eigenvalue weighted by Crippen LogP contribution is 2.33. The standard InChI is InChI=1S/C24H44O3S/c1-4-5-6-7-8-9-10-11-12-13-14-15-16-19-22-27-28(25,26)24(3)21-18-17-20-23(24)2/h17-18,20-21,23H,4-16,19,22H2,1-3H3. The first kappa shape index (κ1) is 25.4. The van der Waals surface area contributed by atoms with Crippen LogP contribution in [0.5, 0.6) is 0 Å². The third-order valence-corrected chi connectivity index (χ3v) is 8.18. The molecule has 2 unspecified atom stereocenters. The predicted molar refractivity (Wildman–Crippen MR) is 121 cm³/mol. The van der Waals surface area contributed by atoms with Crippen molar-refractivity contribution in [3.63, 3.8) is 0 Å². The Balaban J connectivity index is 1.96. The number of unbranched alkanes of at least 4 members (excludes halogenated alkanes) is 13. The van der Waals surface area contributed by atoms with Crippen LogP contribution in [0, 0.1) is 5.92 Å². The van der Waals surface area contributed by atoms with Gasteiger partial charge in [-0.2, -0.15) is 8.42 Å². The molecule has 2 atom stereocenters. The molecule has 28 heavy (non-hydrogen) atoms. The zero-order valence-electron chi connectivity index (χ0n) is 18.6. The molecule has 0 saturated heterocycles. The van der Waals surface area contributed by atoms with Gasteiger partial charge in [0.25, 0.3) is 10.1 Å². The van der Waals surface area contributed by atoms with E-state index in [1.165, 1.54) is 77.0 Å². The van der Waals surface area contributed by atoms with Crippen LogP contribution < -0.4 is 0 Å². The molecule has 164 valence electrons. The molecule has 0 heterocycles. The lowest BCUT2D eigenvalue weighted by Crippen LogP contribution is -2.41. The molecule has 0 aromatic rings. The molecule has 0 aliphatic heterocycles. The van der Waals surface area contributed by atoms with Crippen molar-refractivity contribution in [2.75, 3.05) is 6.61 Å². The molecule has 0 N–H and O–H groups in total. The van der Waals surface area contributed by atoms with Gasteiger partial charge in [-0.05, 0) is 19.3 Å². The van der Waals surface area contributed by atoms with E-state index in [9.17, 15) is 8.42 Å². The summed E-state index contributed by atoms with van der Waals surface area (Å²) in [5.41, 5.74) is 0. The zero-order valence-corrected chi connectivity index (χ0v) is 19.4. The molecule has 0 spiro atoms. The van der Waals surface area contributed by atoms with Crippen LogP contribution >= 0.6 is 0 Å². The van der Waals surface area contributed by atoms with Crippen molar-refractivity contribution in [3.8, 4) is 0 Å². The fraction of sp³-hybridized carbons (Fsp3) is 0.833. The highest BCUT2D eigenvalue weighted by atomic mass is 32.2. The summed E-state index contributed by atoms with van der Waals surface area (Å²) in [6.07, 6.45) is 25.4. The van der Waals surface area contributed by atoms with E-state index in [1.54, 1.807) is 19.1 Å². The summed E-state index contributed by atoms with van der Waals surface area (Å²) >= 11 is 0. The lowest BCUT2D eigenvalue weighted by molar-refractivity contribution is 0.288. The fourth-order valence-electron chi connectivity index (χ4n) is 3.72. The van der Waals surface area contributed by atoms with Crippen LogP contribution in [0.1, 0.15) is 111 Å². The Labute approximate surface area is 175 Å². The number of allylic oxidation sites excluding steroid dienone is 3. The minimum absolute atomic E-state index is 0.0705. The summed E-state index contributed by atoms with van der Waals surface area (Å²) in [6.45, 7) is 6.24. The maximum absolute atomic E-state index is 12.5. The monoisotopic (exact) mass is 412 g/mol. The van der Waals surface area contributed by atoms with Crippen molar-refractivity contribution < 1.29 is 12.6 Å². The number of hydrogen-bond donors (Lipinski definition) is 0. The average Bonchev–Trinajstić information content (AvgIpc) is 2.67. The van der Waals surface area contributed by atoms with Crippen LogP contribution in [0.3, 0.4) is 0 Å². The molecule has 4 heteroatoms. The lowest BCUT2D eigenvalue weighted by Gasteiger charge is -2.31. The van der Waals surface area contributed by atoms with Gasteiger partial charge in [-0.15, -0.1) is 0 Å². The van der Waals surface area contributed by atoms with Gasteiger partial charge in [-0.25, -0.2) is 0 Å². The van der Waals surface area contributed by atoms with E-state index in [2.05, 4.69) is 6.92 Å². The summed E-state index contributed by atoms with van der Waals surface area (Å²) < 4.78 is 29.5. The van der Waals surface area contributed by atoms with Gasteiger partial charge >= 0.3 is 0 Å². The molecule has 0 bridgehead atoms. The normalized spacial score (nSPS) is 22.0. The minimum Gasteiger partial charge on any atom is -0.269 e. The maximum Gasteiger partial charge on any atom is 0.277 e. The topological polar surface area (TPSA) is 43.4 Å². The molecule has 3 nitrogen and oxygen atoms in total. The molecule has 1 aliphatic rings. The second-order valence-corrected chi connectivity index (χ2v) is 10.6. The Morgan fingerprint density at radius 3 is 1.71 bits per heavy atom. The van der Waals surface area contributed by atoms with E-state index in [4.69, 9.17) is 4.18 Å². The van der Waals surface area contributed by atoms with Crippen molar-refractivity contribution >= 4 is 10.1 Å².